The standard InChI is InChI=1S/C21H24ClN3O5S/c1-15(16-6-7-18-19(14-16)30-13-12-29-18)23-21(26)24-8-10-25(11-9-24)31(27,28)20-5-3-2-4-17(20)22/h2-7,14-15H,8-13H2,1H3,(H,23,26). The smallest absolute Gasteiger partial charge is 0.317 e. The van der Waals surface area contributed by atoms with Crippen LogP contribution < -0.4 is 14.8 Å². The van der Waals surface area contributed by atoms with E-state index in [9.17, 15) is 13.2 Å². The zero-order valence-corrected chi connectivity index (χ0v) is 18.7. The highest BCUT2D eigenvalue weighted by Crippen LogP contribution is 2.32. The van der Waals surface area contributed by atoms with Crippen LogP contribution >= 0.6 is 11.6 Å². The quantitative estimate of drug-likeness (QED) is 0.750. The van der Waals surface area contributed by atoms with Gasteiger partial charge in [-0.25, -0.2) is 13.2 Å². The van der Waals surface area contributed by atoms with Gasteiger partial charge in [0.15, 0.2) is 11.5 Å². The van der Waals surface area contributed by atoms with Crippen LogP contribution in [0.3, 0.4) is 0 Å². The molecule has 4 rings (SSSR count). The number of urea groups is 1. The Morgan fingerprint density at radius 1 is 1.03 bits per heavy atom. The average Bonchev–Trinajstić information content (AvgIpc) is 2.79. The Hall–Kier alpha value is -2.49. The van der Waals surface area contributed by atoms with Crippen molar-refractivity contribution in [2.75, 3.05) is 39.4 Å². The lowest BCUT2D eigenvalue weighted by Gasteiger charge is -2.34. The van der Waals surface area contributed by atoms with Crippen LogP contribution in [0, 0.1) is 0 Å². The number of nitrogens with one attached hydrogen (secondary N) is 1. The number of piperazine rings is 1. The molecule has 166 valence electrons. The van der Waals surface area contributed by atoms with Crippen LogP contribution in [0.5, 0.6) is 11.5 Å². The highest BCUT2D eigenvalue weighted by atomic mass is 35.5. The second kappa shape index (κ2) is 8.94. The Balaban J connectivity index is 1.36. The number of rotatable bonds is 4. The van der Waals surface area contributed by atoms with Gasteiger partial charge in [-0.05, 0) is 36.8 Å². The molecule has 2 amide bonds. The Kier molecular flexibility index (Phi) is 6.27. The molecule has 2 aliphatic heterocycles. The van der Waals surface area contributed by atoms with Crippen molar-refractivity contribution in [2.24, 2.45) is 0 Å². The predicted octanol–water partition coefficient (Wildman–Crippen LogP) is 2.89. The maximum atomic E-state index is 12.9. The zero-order valence-electron chi connectivity index (χ0n) is 17.1. The maximum Gasteiger partial charge on any atom is 0.317 e. The number of sulfonamides is 1. The molecule has 2 heterocycles. The van der Waals surface area contributed by atoms with Crippen molar-refractivity contribution in [3.63, 3.8) is 0 Å². The summed E-state index contributed by atoms with van der Waals surface area (Å²) in [7, 11) is -3.70. The van der Waals surface area contributed by atoms with E-state index in [1.165, 1.54) is 10.4 Å². The summed E-state index contributed by atoms with van der Waals surface area (Å²) in [5, 5.41) is 3.16. The minimum Gasteiger partial charge on any atom is -0.486 e. The number of nitrogens with zero attached hydrogens (tertiary/aromatic N) is 2. The van der Waals surface area contributed by atoms with Gasteiger partial charge in [-0.1, -0.05) is 29.8 Å². The summed E-state index contributed by atoms with van der Waals surface area (Å²) < 4.78 is 38.2. The van der Waals surface area contributed by atoms with Gasteiger partial charge in [0.25, 0.3) is 0 Å². The van der Waals surface area contributed by atoms with Crippen LogP contribution in [0.4, 0.5) is 4.79 Å². The molecule has 0 radical (unpaired) electrons. The third-order valence-electron chi connectivity index (χ3n) is 5.39. The highest BCUT2D eigenvalue weighted by molar-refractivity contribution is 7.89. The van der Waals surface area contributed by atoms with Gasteiger partial charge >= 0.3 is 6.03 Å². The minimum atomic E-state index is -3.70. The molecule has 2 aromatic carbocycles. The van der Waals surface area contributed by atoms with Crippen molar-refractivity contribution in [3.8, 4) is 11.5 Å². The van der Waals surface area contributed by atoms with Gasteiger partial charge in [-0.3, -0.25) is 0 Å². The van der Waals surface area contributed by atoms with Crippen molar-refractivity contribution in [2.45, 2.75) is 17.9 Å². The fourth-order valence-corrected chi connectivity index (χ4v) is 5.53. The number of fused-ring (bicyclic) bond motifs is 1. The minimum absolute atomic E-state index is 0.0850. The summed E-state index contributed by atoms with van der Waals surface area (Å²) >= 11 is 6.07. The molecule has 0 spiro atoms. The normalized spacial score (nSPS) is 17.8. The number of carbonyl (C=O) groups excluding carboxylic acids is 1. The first-order valence-corrected chi connectivity index (χ1v) is 11.9. The van der Waals surface area contributed by atoms with Crippen molar-refractivity contribution in [1.82, 2.24) is 14.5 Å². The van der Waals surface area contributed by atoms with E-state index in [4.69, 9.17) is 21.1 Å². The lowest BCUT2D eigenvalue weighted by Crippen LogP contribution is -2.53. The molecule has 0 bridgehead atoms. The van der Waals surface area contributed by atoms with E-state index in [1.54, 1.807) is 23.1 Å². The van der Waals surface area contributed by atoms with Crippen LogP contribution in [0.2, 0.25) is 5.02 Å². The van der Waals surface area contributed by atoms with Crippen molar-refractivity contribution in [1.29, 1.82) is 0 Å². The van der Waals surface area contributed by atoms with Crippen LogP contribution in [0.25, 0.3) is 0 Å². The van der Waals surface area contributed by atoms with Crippen LogP contribution in [-0.4, -0.2) is 63.0 Å². The first kappa shape index (κ1) is 21.7. The zero-order chi connectivity index (χ0) is 22.0. The molecule has 1 fully saturated rings. The van der Waals surface area contributed by atoms with Crippen molar-refractivity contribution >= 4 is 27.7 Å². The second-order valence-corrected chi connectivity index (χ2v) is 9.71. The van der Waals surface area contributed by atoms with E-state index in [0.29, 0.717) is 37.8 Å². The summed E-state index contributed by atoms with van der Waals surface area (Å²) in [6, 6.07) is 11.5. The molecular formula is C21H24ClN3O5S. The van der Waals surface area contributed by atoms with Crippen molar-refractivity contribution in [3.05, 3.63) is 53.1 Å². The molecule has 31 heavy (non-hydrogen) atoms. The number of carbonyl (C=O) groups is 1. The van der Waals surface area contributed by atoms with E-state index in [1.807, 2.05) is 25.1 Å². The molecular weight excluding hydrogens is 442 g/mol. The summed E-state index contributed by atoms with van der Waals surface area (Å²) in [5.74, 6) is 1.37. The lowest BCUT2D eigenvalue weighted by atomic mass is 10.1. The fraction of sp³-hybridized carbons (Fsp3) is 0.381. The molecule has 1 saturated heterocycles. The summed E-state index contributed by atoms with van der Waals surface area (Å²) in [5.41, 5.74) is 0.900. The third-order valence-corrected chi connectivity index (χ3v) is 7.78. The summed E-state index contributed by atoms with van der Waals surface area (Å²) in [4.78, 5) is 14.4. The molecule has 10 heteroatoms. The van der Waals surface area contributed by atoms with Gasteiger partial charge in [-0.15, -0.1) is 0 Å². The first-order valence-electron chi connectivity index (χ1n) is 10.1. The number of halogens is 1. The molecule has 8 nitrogen and oxygen atoms in total. The number of amides is 2. The molecule has 2 aliphatic rings. The van der Waals surface area contributed by atoms with Crippen LogP contribution in [0.15, 0.2) is 47.4 Å². The Bertz CT molecular complexity index is 1070. The highest BCUT2D eigenvalue weighted by Gasteiger charge is 2.31. The fourth-order valence-electron chi connectivity index (χ4n) is 3.61. The molecule has 0 saturated carbocycles. The molecule has 0 aliphatic carbocycles. The van der Waals surface area contributed by atoms with Gasteiger partial charge in [0.05, 0.1) is 11.1 Å². The molecule has 1 unspecified atom stereocenters. The van der Waals surface area contributed by atoms with E-state index in [0.717, 1.165) is 5.56 Å². The topological polar surface area (TPSA) is 88.2 Å². The number of hydrogen-bond acceptors (Lipinski definition) is 5. The van der Waals surface area contributed by atoms with Crippen molar-refractivity contribution < 1.29 is 22.7 Å². The van der Waals surface area contributed by atoms with Gasteiger partial charge < -0.3 is 19.7 Å². The molecule has 0 aromatic heterocycles. The second-order valence-electron chi connectivity index (χ2n) is 7.40. The average molecular weight is 466 g/mol. The number of benzene rings is 2. The van der Waals surface area contributed by atoms with Gasteiger partial charge in [-0.2, -0.15) is 4.31 Å². The molecule has 1 atom stereocenters. The van der Waals surface area contributed by atoms with E-state index in [2.05, 4.69) is 5.32 Å². The van der Waals surface area contributed by atoms with E-state index in [-0.39, 0.29) is 35.1 Å². The lowest BCUT2D eigenvalue weighted by molar-refractivity contribution is 0.168. The summed E-state index contributed by atoms with van der Waals surface area (Å²) in [6.45, 7) is 3.92. The van der Waals surface area contributed by atoms with E-state index < -0.39 is 10.0 Å². The van der Waals surface area contributed by atoms with Gasteiger partial charge in [0.1, 0.15) is 18.1 Å². The van der Waals surface area contributed by atoms with Crippen LogP contribution in [0.1, 0.15) is 18.5 Å². The Labute approximate surface area is 186 Å². The van der Waals surface area contributed by atoms with Gasteiger partial charge in [0, 0.05) is 26.2 Å². The molecule has 2 aromatic rings. The Morgan fingerprint density at radius 3 is 2.42 bits per heavy atom. The largest absolute Gasteiger partial charge is 0.486 e. The Morgan fingerprint density at radius 2 is 1.71 bits per heavy atom. The number of hydrogen-bond donors (Lipinski definition) is 1. The summed E-state index contributed by atoms with van der Waals surface area (Å²) in [6.07, 6.45) is 0. The first-order chi connectivity index (χ1) is 14.9. The van der Waals surface area contributed by atoms with E-state index >= 15 is 0 Å². The maximum absolute atomic E-state index is 12.9. The third kappa shape index (κ3) is 4.58. The predicted molar refractivity (Wildman–Crippen MR) is 116 cm³/mol. The monoisotopic (exact) mass is 465 g/mol. The number of ether oxygens (including phenoxy) is 2. The SMILES string of the molecule is CC(NC(=O)N1CCN(S(=O)(=O)c2ccccc2Cl)CC1)c1ccc2c(c1)OCCO2. The van der Waals surface area contributed by atoms with Gasteiger partial charge in [0.2, 0.25) is 10.0 Å². The molecule has 1 N–H and O–H groups in total. The van der Waals surface area contributed by atoms with Crippen LogP contribution in [-0.2, 0) is 10.0 Å².